The van der Waals surface area contributed by atoms with E-state index in [4.69, 9.17) is 0 Å². The van der Waals surface area contributed by atoms with Crippen LogP contribution in [0.3, 0.4) is 0 Å². The number of carbonyl (C=O) groups excluding carboxylic acids is 2. The third kappa shape index (κ3) is 3.56. The van der Waals surface area contributed by atoms with Gasteiger partial charge in [0.05, 0.1) is 12.3 Å². The predicted octanol–water partition coefficient (Wildman–Crippen LogP) is 1.72. The fraction of sp³-hybridized carbons (Fsp3) is 0.556. The molecule has 1 aromatic rings. The number of fused-ring (bicyclic) bond motifs is 1. The van der Waals surface area contributed by atoms with Crippen molar-refractivity contribution in [3.63, 3.8) is 0 Å². The molecule has 25 heavy (non-hydrogen) atoms. The van der Waals surface area contributed by atoms with Gasteiger partial charge in [-0.05, 0) is 36.8 Å². The summed E-state index contributed by atoms with van der Waals surface area (Å²) < 4.78 is 26.0. The molecule has 1 aromatic carbocycles. The summed E-state index contributed by atoms with van der Waals surface area (Å²) in [6.07, 6.45) is 3.54. The SMILES string of the molecule is CC(=O)N1CCC(C(=O)N(C2CCc3ccccc32)S(C)(=O)=O)CC1. The van der Waals surface area contributed by atoms with E-state index in [1.807, 2.05) is 24.3 Å². The number of sulfonamides is 1. The Morgan fingerprint density at radius 1 is 1.12 bits per heavy atom. The summed E-state index contributed by atoms with van der Waals surface area (Å²) in [6, 6.07) is 7.31. The van der Waals surface area contributed by atoms with Crippen molar-refractivity contribution in [2.24, 2.45) is 5.92 Å². The molecule has 2 amide bonds. The first-order chi connectivity index (χ1) is 11.8. The molecular weight excluding hydrogens is 340 g/mol. The van der Waals surface area contributed by atoms with Gasteiger partial charge in [-0.25, -0.2) is 12.7 Å². The fourth-order valence-corrected chi connectivity index (χ4v) is 5.10. The van der Waals surface area contributed by atoms with E-state index in [0.717, 1.165) is 28.1 Å². The molecule has 1 saturated heterocycles. The van der Waals surface area contributed by atoms with Gasteiger partial charge in [0.15, 0.2) is 0 Å². The zero-order chi connectivity index (χ0) is 18.2. The van der Waals surface area contributed by atoms with Gasteiger partial charge in [-0.2, -0.15) is 0 Å². The molecule has 6 nitrogen and oxygen atoms in total. The van der Waals surface area contributed by atoms with Gasteiger partial charge in [-0.1, -0.05) is 24.3 Å². The van der Waals surface area contributed by atoms with Crippen LogP contribution in [0.4, 0.5) is 0 Å². The van der Waals surface area contributed by atoms with E-state index < -0.39 is 16.1 Å². The molecule has 0 N–H and O–H groups in total. The van der Waals surface area contributed by atoms with Crippen LogP contribution >= 0.6 is 0 Å². The third-order valence-corrected chi connectivity index (χ3v) is 6.40. The van der Waals surface area contributed by atoms with Crippen LogP contribution in [-0.4, -0.2) is 48.8 Å². The molecule has 1 heterocycles. The van der Waals surface area contributed by atoms with Gasteiger partial charge in [-0.3, -0.25) is 9.59 Å². The first-order valence-corrected chi connectivity index (χ1v) is 10.5. The Hall–Kier alpha value is -1.89. The molecule has 136 valence electrons. The summed E-state index contributed by atoms with van der Waals surface area (Å²) in [7, 11) is -3.67. The van der Waals surface area contributed by atoms with E-state index in [1.165, 1.54) is 6.92 Å². The van der Waals surface area contributed by atoms with Gasteiger partial charge in [0.25, 0.3) is 0 Å². The minimum atomic E-state index is -3.67. The van der Waals surface area contributed by atoms with Gasteiger partial charge >= 0.3 is 0 Å². The van der Waals surface area contributed by atoms with E-state index in [9.17, 15) is 18.0 Å². The van der Waals surface area contributed by atoms with Crippen molar-refractivity contribution in [3.05, 3.63) is 35.4 Å². The Balaban J connectivity index is 1.84. The molecule has 2 aliphatic rings. The maximum absolute atomic E-state index is 13.1. The highest BCUT2D eigenvalue weighted by molar-refractivity contribution is 7.88. The number of carbonyl (C=O) groups is 2. The van der Waals surface area contributed by atoms with Crippen LogP contribution in [0.5, 0.6) is 0 Å². The van der Waals surface area contributed by atoms with E-state index in [1.54, 1.807) is 4.90 Å². The Morgan fingerprint density at radius 2 is 1.76 bits per heavy atom. The summed E-state index contributed by atoms with van der Waals surface area (Å²) >= 11 is 0. The van der Waals surface area contributed by atoms with Crippen molar-refractivity contribution in [3.8, 4) is 0 Å². The van der Waals surface area contributed by atoms with Crippen molar-refractivity contribution >= 4 is 21.8 Å². The summed E-state index contributed by atoms with van der Waals surface area (Å²) in [4.78, 5) is 26.2. The average molecular weight is 364 g/mol. The molecule has 0 saturated carbocycles. The minimum absolute atomic E-state index is 0.00408. The predicted molar refractivity (Wildman–Crippen MR) is 94.2 cm³/mol. The zero-order valence-corrected chi connectivity index (χ0v) is 15.5. The standard InChI is InChI=1S/C18H24N2O4S/c1-13(21)19-11-9-15(10-12-19)18(22)20(25(2,23)24)17-8-7-14-5-3-4-6-16(14)17/h3-6,15,17H,7-12H2,1-2H3. The first kappa shape index (κ1) is 17.9. The molecule has 0 aromatic heterocycles. The Labute approximate surface area is 148 Å². The quantitative estimate of drug-likeness (QED) is 0.818. The average Bonchev–Trinajstić information content (AvgIpc) is 2.97. The summed E-state index contributed by atoms with van der Waals surface area (Å²) in [5, 5.41) is 0. The van der Waals surface area contributed by atoms with Gasteiger partial charge in [0.1, 0.15) is 0 Å². The van der Waals surface area contributed by atoms with E-state index in [0.29, 0.717) is 32.4 Å². The number of aryl methyl sites for hydroxylation is 1. The molecule has 1 fully saturated rings. The second kappa shape index (κ2) is 6.78. The number of rotatable bonds is 3. The zero-order valence-electron chi connectivity index (χ0n) is 14.6. The Bertz CT molecular complexity index is 782. The van der Waals surface area contributed by atoms with Crippen LogP contribution in [0.15, 0.2) is 24.3 Å². The normalized spacial score (nSPS) is 21.0. The van der Waals surface area contributed by atoms with Crippen LogP contribution < -0.4 is 0 Å². The maximum Gasteiger partial charge on any atom is 0.239 e. The summed E-state index contributed by atoms with van der Waals surface area (Å²) in [6.45, 7) is 2.52. The lowest BCUT2D eigenvalue weighted by atomic mass is 9.95. The van der Waals surface area contributed by atoms with E-state index in [2.05, 4.69) is 0 Å². The van der Waals surface area contributed by atoms with Crippen molar-refractivity contribution < 1.29 is 18.0 Å². The number of nitrogens with zero attached hydrogens (tertiary/aromatic N) is 2. The Kier molecular flexibility index (Phi) is 4.86. The molecule has 3 rings (SSSR count). The number of benzene rings is 1. The summed E-state index contributed by atoms with van der Waals surface area (Å²) in [5.74, 6) is -0.680. The molecule has 1 unspecified atom stereocenters. The van der Waals surface area contributed by atoms with Crippen molar-refractivity contribution in [2.75, 3.05) is 19.3 Å². The molecule has 7 heteroatoms. The number of hydrogen-bond acceptors (Lipinski definition) is 4. The lowest BCUT2D eigenvalue weighted by Gasteiger charge is -2.35. The second-order valence-corrected chi connectivity index (χ2v) is 8.79. The highest BCUT2D eigenvalue weighted by atomic mass is 32.2. The first-order valence-electron chi connectivity index (χ1n) is 8.65. The van der Waals surface area contributed by atoms with E-state index >= 15 is 0 Å². The Morgan fingerprint density at radius 3 is 2.36 bits per heavy atom. The molecule has 1 atom stereocenters. The maximum atomic E-state index is 13.1. The number of piperidine rings is 1. The van der Waals surface area contributed by atoms with E-state index in [-0.39, 0.29) is 17.7 Å². The largest absolute Gasteiger partial charge is 0.343 e. The molecule has 1 aliphatic carbocycles. The molecule has 0 bridgehead atoms. The molecule has 0 radical (unpaired) electrons. The van der Waals surface area contributed by atoms with Crippen LogP contribution in [0, 0.1) is 5.92 Å². The topological polar surface area (TPSA) is 74.8 Å². The molecule has 0 spiro atoms. The van der Waals surface area contributed by atoms with Crippen LogP contribution in [0.1, 0.15) is 43.4 Å². The summed E-state index contributed by atoms with van der Waals surface area (Å²) in [5.41, 5.74) is 2.04. The van der Waals surface area contributed by atoms with Crippen LogP contribution in [-0.2, 0) is 26.0 Å². The second-order valence-electron chi connectivity index (χ2n) is 6.93. The van der Waals surface area contributed by atoms with Gasteiger partial charge in [0, 0.05) is 25.9 Å². The number of likely N-dealkylation sites (tertiary alicyclic amines) is 1. The number of hydrogen-bond donors (Lipinski definition) is 0. The molecular formula is C18H24N2O4S. The van der Waals surface area contributed by atoms with Gasteiger partial charge in [0.2, 0.25) is 21.8 Å². The van der Waals surface area contributed by atoms with Crippen molar-refractivity contribution in [2.45, 2.75) is 38.6 Å². The number of amides is 2. The highest BCUT2D eigenvalue weighted by Gasteiger charge is 2.40. The van der Waals surface area contributed by atoms with Gasteiger partial charge in [-0.15, -0.1) is 0 Å². The lowest BCUT2D eigenvalue weighted by molar-refractivity contribution is -0.137. The van der Waals surface area contributed by atoms with Crippen LogP contribution in [0.2, 0.25) is 0 Å². The fourth-order valence-electron chi connectivity index (χ4n) is 3.95. The lowest BCUT2D eigenvalue weighted by Crippen LogP contribution is -2.46. The van der Waals surface area contributed by atoms with Gasteiger partial charge < -0.3 is 4.90 Å². The third-order valence-electron chi connectivity index (χ3n) is 5.25. The van der Waals surface area contributed by atoms with Crippen molar-refractivity contribution in [1.29, 1.82) is 0 Å². The minimum Gasteiger partial charge on any atom is -0.343 e. The highest BCUT2D eigenvalue weighted by Crippen LogP contribution is 2.38. The molecule has 1 aliphatic heterocycles. The van der Waals surface area contributed by atoms with Crippen molar-refractivity contribution in [1.82, 2.24) is 9.21 Å². The monoisotopic (exact) mass is 364 g/mol. The van der Waals surface area contributed by atoms with Crippen LogP contribution in [0.25, 0.3) is 0 Å². The smallest absolute Gasteiger partial charge is 0.239 e.